The highest BCUT2D eigenvalue weighted by Gasteiger charge is 2.40. The summed E-state index contributed by atoms with van der Waals surface area (Å²) in [4.78, 5) is 38.8. The van der Waals surface area contributed by atoms with Crippen LogP contribution in [-0.4, -0.2) is 44.3 Å². The Kier molecular flexibility index (Phi) is 6.05. The second-order valence-corrected chi connectivity index (χ2v) is 8.11. The van der Waals surface area contributed by atoms with Crippen LogP contribution in [-0.2, 0) is 23.8 Å². The van der Waals surface area contributed by atoms with E-state index in [2.05, 4.69) is 0 Å². The molecule has 1 saturated heterocycles. The van der Waals surface area contributed by atoms with E-state index in [0.717, 1.165) is 12.1 Å². The molecule has 2 N–H and O–H groups in total. The molecule has 4 rings (SSSR count). The van der Waals surface area contributed by atoms with Crippen molar-refractivity contribution in [3.8, 4) is 0 Å². The van der Waals surface area contributed by atoms with Gasteiger partial charge < -0.3 is 19.9 Å². The molecular formula is C20H16ClFN2O6S. The van der Waals surface area contributed by atoms with Crippen molar-refractivity contribution in [2.45, 2.75) is 0 Å². The molecule has 0 saturated carbocycles. The summed E-state index contributed by atoms with van der Waals surface area (Å²) in [5.41, 5.74) is 5.42. The maximum absolute atomic E-state index is 14.2. The Hall–Kier alpha value is -2.79. The van der Waals surface area contributed by atoms with Gasteiger partial charge in [-0.2, -0.15) is 0 Å². The number of Topliss-reactive ketones (excluding diaryl/α,β-unsaturated/α-hetero) is 1. The lowest BCUT2D eigenvalue weighted by atomic mass is 10.0. The molecule has 3 heterocycles. The summed E-state index contributed by atoms with van der Waals surface area (Å²) in [5.74, 6) is -2.33. The van der Waals surface area contributed by atoms with Crippen LogP contribution in [0, 0.1) is 11.7 Å². The molecule has 0 bridgehead atoms. The summed E-state index contributed by atoms with van der Waals surface area (Å²) >= 11 is 7.10. The normalized spacial score (nSPS) is 18.1. The number of ketones is 1. The molecule has 1 aromatic heterocycles. The molecule has 0 spiro atoms. The number of benzene rings is 1. The number of anilines is 1. The van der Waals surface area contributed by atoms with E-state index in [9.17, 15) is 18.8 Å². The molecule has 1 fully saturated rings. The van der Waals surface area contributed by atoms with Gasteiger partial charge in [-0.15, -0.1) is 11.3 Å². The Labute approximate surface area is 184 Å². The van der Waals surface area contributed by atoms with Crippen molar-refractivity contribution in [3.05, 3.63) is 50.9 Å². The fourth-order valence-electron chi connectivity index (χ4n) is 3.31. The summed E-state index contributed by atoms with van der Waals surface area (Å²) in [6.07, 6.45) is 0. The smallest absolute Gasteiger partial charge is 0.326 e. The van der Waals surface area contributed by atoms with Gasteiger partial charge in [0.1, 0.15) is 19.2 Å². The van der Waals surface area contributed by atoms with Gasteiger partial charge in [0.15, 0.2) is 11.5 Å². The average Bonchev–Trinajstić information content (AvgIpc) is 3.37. The minimum Gasteiger partial charge on any atom is -0.483 e. The first-order chi connectivity index (χ1) is 14.9. The van der Waals surface area contributed by atoms with Gasteiger partial charge in [0.25, 0.3) is 5.91 Å². The number of hydrogen-bond acceptors (Lipinski definition) is 7. The van der Waals surface area contributed by atoms with Gasteiger partial charge in [0.05, 0.1) is 40.3 Å². The van der Waals surface area contributed by atoms with Crippen LogP contribution in [0.3, 0.4) is 0 Å². The standard InChI is InChI=1S/C20H16ClFN2O6S/c21-12-5-14-11(4-13(12)22)17(19(26)24(14)20(23)27)18(16-2-1-3-31-16)30-8-15(25)10-6-28-9-29-7-10/h1-5,10H,6-9H2,(H2,23,27). The van der Waals surface area contributed by atoms with Crippen LogP contribution in [0.25, 0.3) is 11.3 Å². The highest BCUT2D eigenvalue weighted by atomic mass is 35.5. The molecule has 0 aliphatic carbocycles. The number of rotatable bonds is 5. The molecule has 8 nitrogen and oxygen atoms in total. The number of halogens is 2. The molecule has 0 radical (unpaired) electrons. The number of urea groups is 1. The quantitative estimate of drug-likeness (QED) is 0.536. The summed E-state index contributed by atoms with van der Waals surface area (Å²) in [6, 6.07) is 4.53. The maximum atomic E-state index is 14.2. The Morgan fingerprint density at radius 2 is 2.06 bits per heavy atom. The zero-order valence-electron chi connectivity index (χ0n) is 15.9. The van der Waals surface area contributed by atoms with E-state index < -0.39 is 23.7 Å². The van der Waals surface area contributed by atoms with Crippen molar-refractivity contribution < 1.29 is 33.0 Å². The topological polar surface area (TPSA) is 108 Å². The SMILES string of the molecule is NC(=O)N1C(=O)C(=C(OCC(=O)C2COCOC2)c2cccs2)c2cc(F)c(Cl)cc21. The average molecular weight is 467 g/mol. The summed E-state index contributed by atoms with van der Waals surface area (Å²) in [6.45, 7) is 0.156. The van der Waals surface area contributed by atoms with Gasteiger partial charge in [-0.1, -0.05) is 17.7 Å². The lowest BCUT2D eigenvalue weighted by molar-refractivity contribution is -0.152. The van der Waals surface area contributed by atoms with Crippen molar-refractivity contribution in [1.29, 1.82) is 0 Å². The second-order valence-electron chi connectivity index (χ2n) is 6.76. The number of carbonyl (C=O) groups excluding carboxylic acids is 3. The third-order valence-electron chi connectivity index (χ3n) is 4.78. The fourth-order valence-corrected chi connectivity index (χ4v) is 4.19. The first-order valence-corrected chi connectivity index (χ1v) is 10.4. The molecule has 2 aliphatic rings. The number of imide groups is 1. The predicted octanol–water partition coefficient (Wildman–Crippen LogP) is 3.04. The molecule has 0 atom stereocenters. The zero-order valence-corrected chi connectivity index (χ0v) is 17.5. The molecule has 31 heavy (non-hydrogen) atoms. The Morgan fingerprint density at radius 3 is 2.71 bits per heavy atom. The third-order valence-corrected chi connectivity index (χ3v) is 5.94. The highest BCUT2D eigenvalue weighted by molar-refractivity contribution is 7.11. The highest BCUT2D eigenvalue weighted by Crippen LogP contribution is 2.43. The maximum Gasteiger partial charge on any atom is 0.326 e. The summed E-state index contributed by atoms with van der Waals surface area (Å²) < 4.78 is 30.3. The first-order valence-electron chi connectivity index (χ1n) is 9.11. The number of nitrogens with zero attached hydrogens (tertiary/aromatic N) is 1. The number of hydrogen-bond donors (Lipinski definition) is 1. The van der Waals surface area contributed by atoms with Crippen LogP contribution in [0.15, 0.2) is 29.6 Å². The second kappa shape index (κ2) is 8.75. The van der Waals surface area contributed by atoms with Crippen molar-refractivity contribution in [2.75, 3.05) is 31.5 Å². The lowest BCUT2D eigenvalue weighted by Gasteiger charge is -2.21. The molecule has 2 aliphatic heterocycles. The van der Waals surface area contributed by atoms with Crippen molar-refractivity contribution in [2.24, 2.45) is 11.7 Å². The van der Waals surface area contributed by atoms with E-state index in [-0.39, 0.29) is 60.0 Å². The minimum absolute atomic E-state index is 0.0389. The van der Waals surface area contributed by atoms with Crippen LogP contribution in [0.1, 0.15) is 10.4 Å². The lowest BCUT2D eigenvalue weighted by Crippen LogP contribution is -2.38. The van der Waals surface area contributed by atoms with Crippen LogP contribution in [0.2, 0.25) is 5.02 Å². The largest absolute Gasteiger partial charge is 0.483 e. The van der Waals surface area contributed by atoms with Crippen molar-refractivity contribution in [1.82, 2.24) is 0 Å². The fraction of sp³-hybridized carbons (Fsp3) is 0.250. The summed E-state index contributed by atoms with van der Waals surface area (Å²) in [5, 5.41) is 1.48. The number of ether oxygens (including phenoxy) is 3. The minimum atomic E-state index is -1.05. The molecule has 11 heteroatoms. The van der Waals surface area contributed by atoms with Gasteiger partial charge in [0, 0.05) is 5.56 Å². The van der Waals surface area contributed by atoms with E-state index >= 15 is 0 Å². The molecule has 162 valence electrons. The van der Waals surface area contributed by atoms with E-state index in [1.54, 1.807) is 17.5 Å². The zero-order chi connectivity index (χ0) is 22.1. The van der Waals surface area contributed by atoms with Crippen LogP contribution in [0.4, 0.5) is 14.9 Å². The van der Waals surface area contributed by atoms with Crippen molar-refractivity contribution in [3.63, 3.8) is 0 Å². The molecule has 2 aromatic rings. The molecule has 0 unspecified atom stereocenters. The molecular weight excluding hydrogens is 451 g/mol. The van der Waals surface area contributed by atoms with Gasteiger partial charge >= 0.3 is 6.03 Å². The number of fused-ring (bicyclic) bond motifs is 1. The first kappa shape index (κ1) is 21.4. The van der Waals surface area contributed by atoms with Gasteiger partial charge in [-0.05, 0) is 23.6 Å². The molecule has 1 aromatic carbocycles. The van der Waals surface area contributed by atoms with Crippen LogP contribution in [0.5, 0.6) is 0 Å². The third kappa shape index (κ3) is 4.07. The van der Waals surface area contributed by atoms with Crippen molar-refractivity contribution >= 4 is 57.7 Å². The number of thiophene rings is 1. The number of primary amides is 1. The predicted molar refractivity (Wildman–Crippen MR) is 111 cm³/mol. The van der Waals surface area contributed by atoms with Gasteiger partial charge in [0.2, 0.25) is 0 Å². The number of nitrogens with two attached hydrogens (primary N) is 1. The van der Waals surface area contributed by atoms with Gasteiger partial charge in [-0.3, -0.25) is 9.59 Å². The van der Waals surface area contributed by atoms with E-state index in [4.69, 9.17) is 31.5 Å². The molecule has 3 amide bonds. The number of amides is 3. The van der Waals surface area contributed by atoms with E-state index in [1.165, 1.54) is 11.3 Å². The van der Waals surface area contributed by atoms with E-state index in [0.29, 0.717) is 9.78 Å². The summed E-state index contributed by atoms with van der Waals surface area (Å²) in [7, 11) is 0. The van der Waals surface area contributed by atoms with Crippen LogP contribution >= 0.6 is 22.9 Å². The Morgan fingerprint density at radius 1 is 1.32 bits per heavy atom. The monoisotopic (exact) mass is 466 g/mol. The van der Waals surface area contributed by atoms with E-state index in [1.807, 2.05) is 0 Å². The van der Waals surface area contributed by atoms with Crippen LogP contribution < -0.4 is 10.6 Å². The Bertz CT molecular complexity index is 1080. The Balaban J connectivity index is 1.77. The van der Waals surface area contributed by atoms with Gasteiger partial charge in [-0.25, -0.2) is 14.1 Å². The number of carbonyl (C=O) groups is 3.